The second-order valence-electron chi connectivity index (χ2n) is 7.93. The van der Waals surface area contributed by atoms with Gasteiger partial charge in [0, 0.05) is 21.7 Å². The number of carbonyl (C=O) groups is 3. The fourth-order valence-corrected chi connectivity index (χ4v) is 4.24. The molecule has 4 amide bonds. The van der Waals surface area contributed by atoms with Crippen LogP contribution in [0.25, 0.3) is 22.5 Å². The zero-order valence-electron chi connectivity index (χ0n) is 18.4. The number of aryl methyl sites for hydroxylation is 1. The Bertz CT molecular complexity index is 1510. The van der Waals surface area contributed by atoms with Gasteiger partial charge in [0.1, 0.15) is 5.57 Å². The Labute approximate surface area is 200 Å². The summed E-state index contributed by atoms with van der Waals surface area (Å²) in [5.41, 5.74) is 3.09. The number of carbonyl (C=O) groups excluding carboxylic acids is 3. The molecular weight excluding hydrogens is 452 g/mol. The minimum Gasteiger partial charge on any atom is -0.273 e. The number of benzene rings is 3. The lowest BCUT2D eigenvalue weighted by molar-refractivity contribution is -0.122. The molecule has 1 fully saturated rings. The van der Waals surface area contributed by atoms with E-state index in [0.29, 0.717) is 22.0 Å². The number of hydrogen-bond acceptors (Lipinski definition) is 4. The monoisotopic (exact) mass is 470 g/mol. The Balaban J connectivity index is 1.60. The third kappa shape index (κ3) is 3.56. The van der Waals surface area contributed by atoms with Crippen molar-refractivity contribution in [3.05, 3.63) is 94.3 Å². The maximum Gasteiger partial charge on any atom is 0.335 e. The van der Waals surface area contributed by atoms with Gasteiger partial charge in [0.2, 0.25) is 0 Å². The van der Waals surface area contributed by atoms with Crippen molar-refractivity contribution in [3.8, 4) is 5.69 Å². The third-order valence-electron chi connectivity index (χ3n) is 5.82. The van der Waals surface area contributed by atoms with Crippen molar-refractivity contribution in [1.82, 2.24) is 15.1 Å². The van der Waals surface area contributed by atoms with Gasteiger partial charge in [-0.3, -0.25) is 14.9 Å². The molecule has 168 valence electrons. The first kappa shape index (κ1) is 21.6. The highest BCUT2D eigenvalue weighted by molar-refractivity contribution is 6.39. The molecule has 34 heavy (non-hydrogen) atoms. The molecule has 0 unspecified atom stereocenters. The largest absolute Gasteiger partial charge is 0.335 e. The van der Waals surface area contributed by atoms with Gasteiger partial charge < -0.3 is 0 Å². The first-order valence-corrected chi connectivity index (χ1v) is 10.9. The summed E-state index contributed by atoms with van der Waals surface area (Å²) in [5.74, 6) is -1.47. The molecule has 8 heteroatoms. The van der Waals surface area contributed by atoms with Gasteiger partial charge in [-0.15, -0.1) is 0 Å². The van der Waals surface area contributed by atoms with Gasteiger partial charge in [0.05, 0.1) is 17.1 Å². The normalized spacial score (nSPS) is 15.3. The maximum absolute atomic E-state index is 13.2. The zero-order chi connectivity index (χ0) is 24.0. The Hall–Kier alpha value is -4.23. The first-order chi connectivity index (χ1) is 16.3. The van der Waals surface area contributed by atoms with Gasteiger partial charge in [-0.2, -0.15) is 5.10 Å². The summed E-state index contributed by atoms with van der Waals surface area (Å²) in [6.45, 7) is 3.69. The molecule has 1 saturated heterocycles. The number of imide groups is 2. The summed E-state index contributed by atoms with van der Waals surface area (Å²) >= 11 is 5.93. The average molecular weight is 471 g/mol. The summed E-state index contributed by atoms with van der Waals surface area (Å²) < 4.78 is 1.80. The van der Waals surface area contributed by atoms with Crippen molar-refractivity contribution < 1.29 is 14.4 Å². The van der Waals surface area contributed by atoms with Crippen LogP contribution in [0.4, 0.5) is 10.5 Å². The highest BCUT2D eigenvalue weighted by Gasteiger charge is 2.37. The fraction of sp³-hybridized carbons (Fsp3) is 0.0769. The van der Waals surface area contributed by atoms with Gasteiger partial charge in [-0.25, -0.2) is 14.4 Å². The van der Waals surface area contributed by atoms with Crippen molar-refractivity contribution in [1.29, 1.82) is 0 Å². The van der Waals surface area contributed by atoms with Crippen LogP contribution in [-0.2, 0) is 9.59 Å². The van der Waals surface area contributed by atoms with E-state index in [9.17, 15) is 14.4 Å². The minimum absolute atomic E-state index is 0.154. The third-order valence-corrected chi connectivity index (χ3v) is 6.07. The summed E-state index contributed by atoms with van der Waals surface area (Å²) in [5, 5.41) is 9.49. The van der Waals surface area contributed by atoms with Gasteiger partial charge in [0.15, 0.2) is 0 Å². The van der Waals surface area contributed by atoms with E-state index in [1.165, 1.54) is 6.08 Å². The van der Waals surface area contributed by atoms with Crippen LogP contribution in [0.2, 0.25) is 5.02 Å². The zero-order valence-corrected chi connectivity index (χ0v) is 19.1. The van der Waals surface area contributed by atoms with Gasteiger partial charge in [-0.05, 0) is 55.6 Å². The van der Waals surface area contributed by atoms with Crippen molar-refractivity contribution >= 4 is 52.0 Å². The molecule has 2 heterocycles. The lowest BCUT2D eigenvalue weighted by Gasteiger charge is -2.26. The van der Waals surface area contributed by atoms with Crippen LogP contribution in [0, 0.1) is 13.8 Å². The van der Waals surface area contributed by atoms with E-state index in [0.717, 1.165) is 27.1 Å². The molecule has 1 aliphatic rings. The van der Waals surface area contributed by atoms with E-state index in [2.05, 4.69) is 10.4 Å². The Kier molecular flexibility index (Phi) is 5.26. The van der Waals surface area contributed by atoms with Crippen molar-refractivity contribution in [2.24, 2.45) is 0 Å². The molecule has 5 rings (SSSR count). The highest BCUT2D eigenvalue weighted by Crippen LogP contribution is 2.28. The number of nitrogens with one attached hydrogen (secondary N) is 1. The van der Waals surface area contributed by atoms with E-state index < -0.39 is 17.8 Å². The number of urea groups is 1. The fourth-order valence-electron chi connectivity index (χ4n) is 4.12. The molecule has 3 aromatic carbocycles. The molecule has 0 saturated carbocycles. The number of hydrogen-bond donors (Lipinski definition) is 1. The van der Waals surface area contributed by atoms with E-state index in [-0.39, 0.29) is 5.57 Å². The van der Waals surface area contributed by atoms with Crippen LogP contribution in [0.15, 0.2) is 72.3 Å². The lowest BCUT2D eigenvalue weighted by atomic mass is 10.1. The number of halogens is 1. The molecule has 1 N–H and O–H groups in total. The summed E-state index contributed by atoms with van der Waals surface area (Å²) in [4.78, 5) is 39.2. The molecule has 1 aromatic heterocycles. The van der Waals surface area contributed by atoms with E-state index in [1.807, 2.05) is 56.3 Å². The van der Waals surface area contributed by atoms with Crippen molar-refractivity contribution in [2.45, 2.75) is 13.8 Å². The van der Waals surface area contributed by atoms with Crippen LogP contribution in [-0.4, -0.2) is 27.6 Å². The molecule has 0 spiro atoms. The second kappa shape index (κ2) is 8.28. The van der Waals surface area contributed by atoms with Crippen LogP contribution in [0.5, 0.6) is 0 Å². The van der Waals surface area contributed by atoms with Crippen molar-refractivity contribution in [3.63, 3.8) is 0 Å². The van der Waals surface area contributed by atoms with Crippen LogP contribution in [0.1, 0.15) is 17.0 Å². The van der Waals surface area contributed by atoms with E-state index in [4.69, 9.17) is 11.6 Å². The first-order valence-electron chi connectivity index (χ1n) is 10.6. The predicted octanol–water partition coefficient (Wildman–Crippen LogP) is 4.96. The molecule has 0 bridgehead atoms. The standard InChI is InChI=1S/C26H19ClN4O3/c1-15-21(16(2)31(29-15)23-9-5-7-17-6-3-4-8-20(17)23)14-22-24(32)28-26(34)30(25(22)33)19-12-10-18(27)11-13-19/h3-14H,1-2H3,(H,28,32,34)/b22-14-. The Morgan fingerprint density at radius 1 is 0.912 bits per heavy atom. The highest BCUT2D eigenvalue weighted by atomic mass is 35.5. The molecule has 4 aromatic rings. The number of amides is 4. The van der Waals surface area contributed by atoms with E-state index >= 15 is 0 Å². The number of anilines is 1. The number of nitrogens with zero attached hydrogens (tertiary/aromatic N) is 3. The minimum atomic E-state index is -0.811. The summed E-state index contributed by atoms with van der Waals surface area (Å²) in [7, 11) is 0. The van der Waals surface area contributed by atoms with Crippen LogP contribution in [0.3, 0.4) is 0 Å². The summed E-state index contributed by atoms with van der Waals surface area (Å²) in [6.07, 6.45) is 1.49. The molecule has 7 nitrogen and oxygen atoms in total. The maximum atomic E-state index is 13.2. The lowest BCUT2D eigenvalue weighted by Crippen LogP contribution is -2.54. The number of fused-ring (bicyclic) bond motifs is 1. The average Bonchev–Trinajstić information content (AvgIpc) is 3.10. The molecule has 1 aliphatic heterocycles. The predicted molar refractivity (Wildman–Crippen MR) is 131 cm³/mol. The molecular formula is C26H19ClN4O3. The van der Waals surface area contributed by atoms with E-state index in [1.54, 1.807) is 28.9 Å². The van der Waals surface area contributed by atoms with Gasteiger partial charge >= 0.3 is 6.03 Å². The molecule has 0 radical (unpaired) electrons. The van der Waals surface area contributed by atoms with Crippen LogP contribution < -0.4 is 10.2 Å². The topological polar surface area (TPSA) is 84.3 Å². The van der Waals surface area contributed by atoms with Crippen molar-refractivity contribution in [2.75, 3.05) is 4.90 Å². The molecule has 0 atom stereocenters. The number of barbiturate groups is 1. The summed E-state index contributed by atoms with van der Waals surface area (Å²) in [6, 6.07) is 19.4. The SMILES string of the molecule is Cc1nn(-c2cccc3ccccc23)c(C)c1/C=C1/C(=O)NC(=O)N(c2ccc(Cl)cc2)C1=O. The Morgan fingerprint density at radius 2 is 1.62 bits per heavy atom. The number of rotatable bonds is 3. The van der Waals surface area contributed by atoms with Gasteiger partial charge in [-0.1, -0.05) is 48.0 Å². The van der Waals surface area contributed by atoms with Crippen LogP contribution >= 0.6 is 11.6 Å². The number of aromatic nitrogens is 2. The quantitative estimate of drug-likeness (QED) is 0.338. The smallest absolute Gasteiger partial charge is 0.273 e. The Morgan fingerprint density at radius 3 is 2.38 bits per heavy atom. The second-order valence-corrected chi connectivity index (χ2v) is 8.37. The molecule has 0 aliphatic carbocycles. The van der Waals surface area contributed by atoms with Gasteiger partial charge in [0.25, 0.3) is 11.8 Å².